The molecule has 1 amide bonds. The summed E-state index contributed by atoms with van der Waals surface area (Å²) < 4.78 is 12.0. The first-order chi connectivity index (χ1) is 17.5. The number of aliphatic imine (C=N–C) groups is 1. The lowest BCUT2D eigenvalue weighted by molar-refractivity contribution is -0.122. The minimum atomic E-state index is -1.10. The number of rotatable bonds is 11. The number of hydrogen-bond donors (Lipinski definition) is 3. The summed E-state index contributed by atoms with van der Waals surface area (Å²) in [5.74, 6) is -0.0120. The molecule has 0 saturated carbocycles. The third-order valence-electron chi connectivity index (χ3n) is 4.97. The van der Waals surface area contributed by atoms with Crippen molar-refractivity contribution in [2.24, 2.45) is 4.99 Å². The van der Waals surface area contributed by atoms with Crippen molar-refractivity contribution in [2.45, 2.75) is 19.8 Å². The predicted molar refractivity (Wildman–Crippen MR) is 145 cm³/mol. The third kappa shape index (κ3) is 8.57. The number of halogens is 1. The van der Waals surface area contributed by atoms with Gasteiger partial charge in [-0.15, -0.1) is 0 Å². The summed E-state index contributed by atoms with van der Waals surface area (Å²) in [5, 5.41) is 20.7. The maximum absolute atomic E-state index is 12.7. The van der Waals surface area contributed by atoms with Crippen LogP contribution in [0.2, 0.25) is 0 Å². The van der Waals surface area contributed by atoms with E-state index < -0.39 is 12.2 Å². The first-order valence-electron chi connectivity index (χ1n) is 11.4. The van der Waals surface area contributed by atoms with Gasteiger partial charge >= 0.3 is 0 Å². The Hall–Kier alpha value is -3.59. The van der Waals surface area contributed by atoms with Gasteiger partial charge in [-0.1, -0.05) is 76.6 Å². The number of aliphatic hydroxyl groups is 1. The van der Waals surface area contributed by atoms with E-state index in [2.05, 4.69) is 26.2 Å². The molecule has 0 aromatic heterocycles. The molecule has 0 bridgehead atoms. The summed E-state index contributed by atoms with van der Waals surface area (Å²) in [5.41, 5.74) is 2.91. The highest BCUT2D eigenvalue weighted by Crippen LogP contribution is 2.25. The highest BCUT2D eigenvalue weighted by atomic mass is 79.9. The van der Waals surface area contributed by atoms with E-state index >= 15 is 0 Å². The van der Waals surface area contributed by atoms with E-state index in [0.717, 1.165) is 10.0 Å². The minimum Gasteiger partial charge on any atom is -0.488 e. The van der Waals surface area contributed by atoms with Gasteiger partial charge in [-0.2, -0.15) is 0 Å². The van der Waals surface area contributed by atoms with Crippen LogP contribution in [-0.4, -0.2) is 42.5 Å². The molecule has 0 aliphatic carbocycles. The van der Waals surface area contributed by atoms with E-state index in [9.17, 15) is 9.90 Å². The molecule has 3 aromatic rings. The van der Waals surface area contributed by atoms with Gasteiger partial charge in [0.2, 0.25) is 5.91 Å². The molecular weight excluding hydrogens is 522 g/mol. The Kier molecular flexibility index (Phi) is 10.6. The van der Waals surface area contributed by atoms with Crippen molar-refractivity contribution in [1.82, 2.24) is 5.32 Å². The SMILES string of the molecule is CCOC(O)CNC(=O)C=C(OCc1ccccc1)c1ccc(Br)cc1C=NC(=N)c1ccccc1. The molecule has 0 heterocycles. The fraction of sp³-hybridized carbons (Fsp3) is 0.179. The summed E-state index contributed by atoms with van der Waals surface area (Å²) in [7, 11) is 0. The Labute approximate surface area is 219 Å². The van der Waals surface area contributed by atoms with Crippen molar-refractivity contribution in [3.05, 3.63) is 112 Å². The zero-order valence-corrected chi connectivity index (χ0v) is 21.4. The number of amidine groups is 1. The van der Waals surface area contributed by atoms with Gasteiger partial charge in [0.25, 0.3) is 0 Å². The van der Waals surface area contributed by atoms with Crippen LogP contribution in [0.15, 0.2) is 94.4 Å². The lowest BCUT2D eigenvalue weighted by atomic mass is 10.1. The third-order valence-corrected chi connectivity index (χ3v) is 5.46. The van der Waals surface area contributed by atoms with E-state index in [0.29, 0.717) is 29.1 Å². The molecule has 8 heteroatoms. The minimum absolute atomic E-state index is 0.0575. The van der Waals surface area contributed by atoms with Crippen molar-refractivity contribution in [3.8, 4) is 0 Å². The molecule has 0 aliphatic rings. The second kappa shape index (κ2) is 14.1. The van der Waals surface area contributed by atoms with Crippen LogP contribution in [0.5, 0.6) is 0 Å². The van der Waals surface area contributed by atoms with Crippen molar-refractivity contribution >= 4 is 39.6 Å². The van der Waals surface area contributed by atoms with Gasteiger partial charge in [-0.25, -0.2) is 4.99 Å². The molecular formula is C28H28BrN3O4. The second-order valence-corrected chi connectivity index (χ2v) is 8.56. The topological polar surface area (TPSA) is 104 Å². The van der Waals surface area contributed by atoms with Crippen molar-refractivity contribution in [3.63, 3.8) is 0 Å². The summed E-state index contributed by atoms with van der Waals surface area (Å²) in [6, 6.07) is 24.3. The molecule has 1 unspecified atom stereocenters. The maximum atomic E-state index is 12.7. The van der Waals surface area contributed by atoms with Gasteiger partial charge in [-0.3, -0.25) is 10.2 Å². The van der Waals surface area contributed by atoms with Crippen LogP contribution in [0.1, 0.15) is 29.2 Å². The number of carbonyl (C=O) groups is 1. The maximum Gasteiger partial charge on any atom is 0.247 e. The highest BCUT2D eigenvalue weighted by Gasteiger charge is 2.13. The molecule has 3 aromatic carbocycles. The number of ether oxygens (including phenoxy) is 2. The molecule has 0 radical (unpaired) electrons. The number of hydrogen-bond acceptors (Lipinski definition) is 5. The lowest BCUT2D eigenvalue weighted by Gasteiger charge is -2.15. The van der Waals surface area contributed by atoms with Crippen molar-refractivity contribution in [2.75, 3.05) is 13.2 Å². The van der Waals surface area contributed by atoms with Crippen LogP contribution >= 0.6 is 15.9 Å². The molecule has 3 N–H and O–H groups in total. The van der Waals surface area contributed by atoms with Crippen molar-refractivity contribution in [1.29, 1.82) is 5.41 Å². The van der Waals surface area contributed by atoms with Gasteiger partial charge in [0, 0.05) is 40.1 Å². The van der Waals surface area contributed by atoms with E-state index in [-0.39, 0.29) is 19.0 Å². The normalized spacial score (nSPS) is 12.4. The van der Waals surface area contributed by atoms with Gasteiger partial charge in [-0.05, 0) is 30.7 Å². The molecule has 36 heavy (non-hydrogen) atoms. The quantitative estimate of drug-likeness (QED) is 0.104. The Morgan fingerprint density at radius 3 is 2.50 bits per heavy atom. The smallest absolute Gasteiger partial charge is 0.247 e. The van der Waals surface area contributed by atoms with Crippen molar-refractivity contribution < 1.29 is 19.4 Å². The molecule has 1 atom stereocenters. The highest BCUT2D eigenvalue weighted by molar-refractivity contribution is 9.10. The number of benzene rings is 3. The largest absolute Gasteiger partial charge is 0.488 e. The number of nitrogens with one attached hydrogen (secondary N) is 2. The number of amides is 1. The zero-order valence-electron chi connectivity index (χ0n) is 19.9. The van der Waals surface area contributed by atoms with E-state index in [1.54, 1.807) is 13.1 Å². The monoisotopic (exact) mass is 549 g/mol. The zero-order chi connectivity index (χ0) is 25.8. The first kappa shape index (κ1) is 27.0. The molecule has 0 spiro atoms. The Morgan fingerprint density at radius 2 is 1.81 bits per heavy atom. The number of carbonyl (C=O) groups excluding carboxylic acids is 1. The molecule has 186 valence electrons. The van der Waals surface area contributed by atoms with Gasteiger partial charge in [0.15, 0.2) is 12.1 Å². The van der Waals surface area contributed by atoms with Crippen LogP contribution in [-0.2, 0) is 20.9 Å². The Morgan fingerprint density at radius 1 is 1.11 bits per heavy atom. The fourth-order valence-electron chi connectivity index (χ4n) is 3.21. The van der Waals surface area contributed by atoms with Crippen LogP contribution in [0.3, 0.4) is 0 Å². The first-order valence-corrected chi connectivity index (χ1v) is 12.2. The Bertz CT molecular complexity index is 1210. The van der Waals surface area contributed by atoms with Crippen LogP contribution in [0, 0.1) is 5.41 Å². The average Bonchev–Trinajstić information content (AvgIpc) is 2.90. The van der Waals surface area contributed by atoms with E-state index in [1.165, 1.54) is 6.08 Å². The van der Waals surface area contributed by atoms with E-state index in [1.807, 2.05) is 78.9 Å². The number of nitrogens with zero attached hydrogens (tertiary/aromatic N) is 1. The molecule has 0 aliphatic heterocycles. The van der Waals surface area contributed by atoms with Gasteiger partial charge in [0.05, 0.1) is 6.54 Å². The number of aliphatic hydroxyl groups excluding tert-OH is 1. The summed E-state index contributed by atoms with van der Waals surface area (Å²) in [6.07, 6.45) is 1.82. The molecule has 0 fully saturated rings. The van der Waals surface area contributed by atoms with Crippen LogP contribution in [0.25, 0.3) is 5.76 Å². The second-order valence-electron chi connectivity index (χ2n) is 7.64. The van der Waals surface area contributed by atoms with Gasteiger partial charge in [0.1, 0.15) is 12.4 Å². The predicted octanol–water partition coefficient (Wildman–Crippen LogP) is 4.92. The molecule has 3 rings (SSSR count). The van der Waals surface area contributed by atoms with Crippen LogP contribution in [0.4, 0.5) is 0 Å². The molecule has 0 saturated heterocycles. The summed E-state index contributed by atoms with van der Waals surface area (Å²) in [4.78, 5) is 17.0. The summed E-state index contributed by atoms with van der Waals surface area (Å²) >= 11 is 3.48. The molecule has 7 nitrogen and oxygen atoms in total. The van der Waals surface area contributed by atoms with Crippen LogP contribution < -0.4 is 5.32 Å². The lowest BCUT2D eigenvalue weighted by Crippen LogP contribution is -2.32. The Balaban J connectivity index is 1.90. The van der Waals surface area contributed by atoms with Gasteiger partial charge < -0.3 is 19.9 Å². The fourth-order valence-corrected chi connectivity index (χ4v) is 3.59. The standard InChI is InChI=1S/C28H28BrN3O4/c1-2-35-27(34)18-31-26(33)16-25(36-19-20-9-5-3-6-10-20)24-14-13-23(29)15-22(24)17-32-28(30)21-11-7-4-8-12-21/h3-17,27,30,34H,2,18-19H2,1H3,(H,31,33). The van der Waals surface area contributed by atoms with E-state index in [4.69, 9.17) is 14.9 Å². The summed E-state index contributed by atoms with van der Waals surface area (Å²) in [6.45, 7) is 2.28. The average molecular weight is 550 g/mol.